The number of nitrogens with zero attached hydrogens (tertiary/aromatic N) is 2. The zero-order valence-corrected chi connectivity index (χ0v) is 11.9. The Hall–Kier alpha value is -0.930. The first-order valence-electron chi connectivity index (χ1n) is 6.89. The molecule has 18 heavy (non-hydrogen) atoms. The lowest BCUT2D eigenvalue weighted by Crippen LogP contribution is -2.44. The summed E-state index contributed by atoms with van der Waals surface area (Å²) in [6.07, 6.45) is 2.62. The van der Waals surface area contributed by atoms with Crippen molar-refractivity contribution in [3.63, 3.8) is 0 Å². The van der Waals surface area contributed by atoms with Crippen LogP contribution in [0.1, 0.15) is 31.2 Å². The van der Waals surface area contributed by atoms with Crippen LogP contribution < -0.4 is 5.32 Å². The van der Waals surface area contributed by atoms with Crippen LogP contribution in [-0.2, 0) is 6.54 Å². The van der Waals surface area contributed by atoms with E-state index in [0.717, 1.165) is 25.3 Å². The molecule has 3 nitrogen and oxygen atoms in total. The highest BCUT2D eigenvalue weighted by molar-refractivity contribution is 5.09. The quantitative estimate of drug-likeness (QED) is 0.884. The topological polar surface area (TPSA) is 28.2 Å². The van der Waals surface area contributed by atoms with Crippen LogP contribution in [0, 0.1) is 12.3 Å². The molecule has 0 aromatic carbocycles. The maximum absolute atomic E-state index is 4.57. The summed E-state index contributed by atoms with van der Waals surface area (Å²) in [6.45, 7) is 8.83. The van der Waals surface area contributed by atoms with Crippen molar-refractivity contribution >= 4 is 0 Å². The SMILES string of the molecule is Cc1cccc(CN(C)CC2(C)CCCNC2)n1. The standard InChI is InChI=1S/C15H25N3/c1-13-6-4-7-14(17-13)10-18(3)12-15(2)8-5-9-16-11-15/h4,6-7,16H,5,8-12H2,1-3H3. The summed E-state index contributed by atoms with van der Waals surface area (Å²) in [5.41, 5.74) is 2.69. The molecular formula is C15H25N3. The Kier molecular flexibility index (Phi) is 4.36. The Balaban J connectivity index is 1.90. The lowest BCUT2D eigenvalue weighted by molar-refractivity contribution is 0.148. The molecule has 0 saturated carbocycles. The zero-order chi connectivity index (χ0) is 13.0. The molecule has 1 atom stereocenters. The highest BCUT2D eigenvalue weighted by atomic mass is 15.1. The predicted molar refractivity (Wildman–Crippen MR) is 75.5 cm³/mol. The fourth-order valence-electron chi connectivity index (χ4n) is 2.93. The molecule has 0 amide bonds. The first kappa shape index (κ1) is 13.5. The molecule has 1 aliphatic rings. The lowest BCUT2D eigenvalue weighted by Gasteiger charge is -2.37. The molecule has 0 aliphatic carbocycles. The molecule has 1 saturated heterocycles. The van der Waals surface area contributed by atoms with Gasteiger partial charge in [-0.15, -0.1) is 0 Å². The summed E-state index contributed by atoms with van der Waals surface area (Å²) in [5.74, 6) is 0. The molecule has 1 fully saturated rings. The van der Waals surface area contributed by atoms with Gasteiger partial charge < -0.3 is 5.32 Å². The van der Waals surface area contributed by atoms with Crippen molar-refractivity contribution in [1.82, 2.24) is 15.2 Å². The van der Waals surface area contributed by atoms with E-state index in [1.807, 2.05) is 0 Å². The third-order valence-electron chi connectivity index (χ3n) is 3.72. The van der Waals surface area contributed by atoms with E-state index in [1.54, 1.807) is 0 Å². The second-order valence-electron chi connectivity index (χ2n) is 6.03. The molecule has 1 aromatic rings. The van der Waals surface area contributed by atoms with Crippen molar-refractivity contribution in [1.29, 1.82) is 0 Å². The molecule has 2 heterocycles. The summed E-state index contributed by atoms with van der Waals surface area (Å²) in [4.78, 5) is 6.97. The molecule has 1 aliphatic heterocycles. The number of hydrogen-bond donors (Lipinski definition) is 1. The zero-order valence-electron chi connectivity index (χ0n) is 11.9. The molecule has 2 rings (SSSR count). The van der Waals surface area contributed by atoms with Crippen LogP contribution in [0.5, 0.6) is 0 Å². The minimum absolute atomic E-state index is 0.414. The summed E-state index contributed by atoms with van der Waals surface area (Å²) in [6, 6.07) is 6.26. The van der Waals surface area contributed by atoms with Crippen molar-refractivity contribution in [2.75, 3.05) is 26.7 Å². The monoisotopic (exact) mass is 247 g/mol. The highest BCUT2D eigenvalue weighted by Gasteiger charge is 2.27. The van der Waals surface area contributed by atoms with Gasteiger partial charge in [-0.1, -0.05) is 13.0 Å². The minimum atomic E-state index is 0.414. The number of nitrogens with one attached hydrogen (secondary N) is 1. The van der Waals surface area contributed by atoms with E-state index in [1.165, 1.54) is 25.1 Å². The fraction of sp³-hybridized carbons (Fsp3) is 0.667. The number of aromatic nitrogens is 1. The van der Waals surface area contributed by atoms with Crippen LogP contribution in [0.2, 0.25) is 0 Å². The van der Waals surface area contributed by atoms with Gasteiger partial charge in [0.1, 0.15) is 0 Å². The van der Waals surface area contributed by atoms with Gasteiger partial charge >= 0.3 is 0 Å². The average molecular weight is 247 g/mol. The van der Waals surface area contributed by atoms with Crippen molar-refractivity contribution in [3.05, 3.63) is 29.6 Å². The van der Waals surface area contributed by atoms with Crippen molar-refractivity contribution in [3.8, 4) is 0 Å². The summed E-state index contributed by atoms with van der Waals surface area (Å²) in [5, 5.41) is 3.51. The van der Waals surface area contributed by atoms with Crippen LogP contribution in [-0.4, -0.2) is 36.6 Å². The highest BCUT2D eigenvalue weighted by Crippen LogP contribution is 2.26. The van der Waals surface area contributed by atoms with Gasteiger partial charge in [-0.25, -0.2) is 0 Å². The summed E-state index contributed by atoms with van der Waals surface area (Å²) < 4.78 is 0. The van der Waals surface area contributed by atoms with E-state index in [9.17, 15) is 0 Å². The van der Waals surface area contributed by atoms with Gasteiger partial charge in [0.15, 0.2) is 0 Å². The minimum Gasteiger partial charge on any atom is -0.316 e. The van der Waals surface area contributed by atoms with Gasteiger partial charge in [0.2, 0.25) is 0 Å². The largest absolute Gasteiger partial charge is 0.316 e. The number of rotatable bonds is 4. The van der Waals surface area contributed by atoms with Crippen molar-refractivity contribution in [2.24, 2.45) is 5.41 Å². The fourth-order valence-corrected chi connectivity index (χ4v) is 2.93. The third kappa shape index (κ3) is 3.79. The molecule has 0 radical (unpaired) electrons. The van der Waals surface area contributed by atoms with Crippen molar-refractivity contribution < 1.29 is 0 Å². The van der Waals surface area contributed by atoms with E-state index in [-0.39, 0.29) is 0 Å². The molecule has 0 bridgehead atoms. The molecule has 1 aromatic heterocycles. The van der Waals surface area contributed by atoms with Crippen LogP contribution in [0.4, 0.5) is 0 Å². The number of piperidine rings is 1. The molecule has 100 valence electrons. The summed E-state index contributed by atoms with van der Waals surface area (Å²) >= 11 is 0. The molecule has 1 N–H and O–H groups in total. The second-order valence-corrected chi connectivity index (χ2v) is 6.03. The number of pyridine rings is 1. The first-order chi connectivity index (χ1) is 8.57. The second kappa shape index (κ2) is 5.81. The smallest absolute Gasteiger partial charge is 0.0547 e. The van der Waals surface area contributed by atoms with Crippen LogP contribution in [0.25, 0.3) is 0 Å². The maximum Gasteiger partial charge on any atom is 0.0547 e. The van der Waals surface area contributed by atoms with Crippen LogP contribution >= 0.6 is 0 Å². The third-order valence-corrected chi connectivity index (χ3v) is 3.72. The van der Waals surface area contributed by atoms with E-state index in [0.29, 0.717) is 5.41 Å². The van der Waals surface area contributed by atoms with E-state index in [4.69, 9.17) is 0 Å². The van der Waals surface area contributed by atoms with Crippen molar-refractivity contribution in [2.45, 2.75) is 33.2 Å². The number of hydrogen-bond acceptors (Lipinski definition) is 3. The van der Waals surface area contributed by atoms with Crippen LogP contribution in [0.15, 0.2) is 18.2 Å². The Labute approximate surface area is 111 Å². The molecule has 1 unspecified atom stereocenters. The van der Waals surface area contributed by atoms with Gasteiger partial charge in [0.05, 0.1) is 5.69 Å². The lowest BCUT2D eigenvalue weighted by atomic mass is 9.82. The maximum atomic E-state index is 4.57. The van der Waals surface area contributed by atoms with Gasteiger partial charge in [-0.05, 0) is 50.9 Å². The predicted octanol–water partition coefficient (Wildman–Crippen LogP) is 2.21. The molecular weight excluding hydrogens is 222 g/mol. The van der Waals surface area contributed by atoms with E-state index < -0.39 is 0 Å². The Morgan fingerprint density at radius 2 is 2.28 bits per heavy atom. The number of aryl methyl sites for hydroxylation is 1. The van der Waals surface area contributed by atoms with Gasteiger partial charge in [0, 0.05) is 25.3 Å². The Morgan fingerprint density at radius 1 is 1.44 bits per heavy atom. The van der Waals surface area contributed by atoms with E-state index in [2.05, 4.69) is 54.3 Å². The first-order valence-corrected chi connectivity index (χ1v) is 6.89. The molecule has 0 spiro atoms. The van der Waals surface area contributed by atoms with Gasteiger partial charge in [-0.3, -0.25) is 9.88 Å². The molecule has 3 heteroatoms. The Bertz CT molecular complexity index is 383. The Morgan fingerprint density at radius 3 is 2.94 bits per heavy atom. The average Bonchev–Trinajstić information content (AvgIpc) is 2.28. The van der Waals surface area contributed by atoms with Gasteiger partial charge in [0.25, 0.3) is 0 Å². The summed E-state index contributed by atoms with van der Waals surface area (Å²) in [7, 11) is 2.20. The van der Waals surface area contributed by atoms with Crippen LogP contribution in [0.3, 0.4) is 0 Å². The van der Waals surface area contributed by atoms with Gasteiger partial charge in [-0.2, -0.15) is 0 Å². The normalized spacial score (nSPS) is 24.4. The van der Waals surface area contributed by atoms with E-state index >= 15 is 0 Å².